The Morgan fingerprint density at radius 3 is 2.14 bits per heavy atom. The van der Waals surface area contributed by atoms with E-state index in [1.54, 1.807) is 20.8 Å². The largest absolute Gasteiger partial charge is 0.388 e. The summed E-state index contributed by atoms with van der Waals surface area (Å²) in [6.45, 7) is 5.23. The summed E-state index contributed by atoms with van der Waals surface area (Å²) >= 11 is 0. The van der Waals surface area contributed by atoms with Gasteiger partial charge in [-0.15, -0.1) is 0 Å². The summed E-state index contributed by atoms with van der Waals surface area (Å²) in [6, 6.07) is 0. The molecule has 0 bridgehead atoms. The van der Waals surface area contributed by atoms with Crippen molar-refractivity contribution in [1.29, 1.82) is 0 Å². The van der Waals surface area contributed by atoms with Crippen LogP contribution >= 0.6 is 0 Å². The van der Waals surface area contributed by atoms with Crippen LogP contribution in [0.2, 0.25) is 0 Å². The fraction of sp³-hybridized carbons (Fsp3) is 1.00. The molecule has 0 aromatic carbocycles. The number of hydrogen-bond donors (Lipinski definition) is 3. The summed E-state index contributed by atoms with van der Waals surface area (Å²) in [4.78, 5) is 0. The summed E-state index contributed by atoms with van der Waals surface area (Å²) in [6.07, 6.45) is -5.02. The van der Waals surface area contributed by atoms with Crippen LogP contribution in [-0.4, -0.2) is 52.1 Å². The van der Waals surface area contributed by atoms with E-state index < -0.39 is 30.7 Å². The minimum absolute atomic E-state index is 0.107. The van der Waals surface area contributed by atoms with Crippen molar-refractivity contribution in [2.45, 2.75) is 57.6 Å². The zero-order chi connectivity index (χ0) is 10.9. The van der Waals surface area contributed by atoms with Gasteiger partial charge >= 0.3 is 0 Å². The third-order valence-corrected chi connectivity index (χ3v) is 2.21. The predicted octanol–water partition coefficient (Wildman–Crippen LogP) is -0.761. The van der Waals surface area contributed by atoms with Crippen molar-refractivity contribution in [3.05, 3.63) is 0 Å². The molecule has 0 aromatic heterocycles. The van der Waals surface area contributed by atoms with E-state index in [1.165, 1.54) is 0 Å². The van der Waals surface area contributed by atoms with Crippen LogP contribution in [0.3, 0.4) is 0 Å². The molecule has 0 aromatic rings. The lowest BCUT2D eigenvalue weighted by molar-refractivity contribution is -0.301. The molecule has 5 nitrogen and oxygen atoms in total. The fourth-order valence-corrected chi connectivity index (χ4v) is 1.39. The van der Waals surface area contributed by atoms with E-state index in [4.69, 9.17) is 9.47 Å². The number of rotatable bonds is 2. The Bertz CT molecular complexity index is 184. The Morgan fingerprint density at radius 2 is 1.64 bits per heavy atom. The molecule has 0 radical (unpaired) electrons. The van der Waals surface area contributed by atoms with Gasteiger partial charge in [0, 0.05) is 0 Å². The van der Waals surface area contributed by atoms with Gasteiger partial charge in [0.15, 0.2) is 6.29 Å². The first-order chi connectivity index (χ1) is 6.43. The molecule has 3 N–H and O–H groups in total. The SMILES string of the molecule is CC(C)O[C@@H]1O[C@@H](C)[C@@H](O)[C@@H](O)[C@@H]1O. The summed E-state index contributed by atoms with van der Waals surface area (Å²) in [5, 5.41) is 28.3. The van der Waals surface area contributed by atoms with Gasteiger partial charge < -0.3 is 24.8 Å². The van der Waals surface area contributed by atoms with Gasteiger partial charge in [-0.2, -0.15) is 0 Å². The highest BCUT2D eigenvalue weighted by Gasteiger charge is 2.42. The van der Waals surface area contributed by atoms with Crippen molar-refractivity contribution < 1.29 is 24.8 Å². The van der Waals surface area contributed by atoms with Crippen molar-refractivity contribution in [2.75, 3.05) is 0 Å². The van der Waals surface area contributed by atoms with Crippen molar-refractivity contribution in [1.82, 2.24) is 0 Å². The second-order valence-electron chi connectivity index (χ2n) is 3.87. The Morgan fingerprint density at radius 1 is 1.07 bits per heavy atom. The quantitative estimate of drug-likeness (QED) is 0.553. The van der Waals surface area contributed by atoms with Crippen molar-refractivity contribution >= 4 is 0 Å². The molecule has 5 atom stereocenters. The molecule has 0 amide bonds. The fourth-order valence-electron chi connectivity index (χ4n) is 1.39. The molecular weight excluding hydrogens is 188 g/mol. The molecule has 1 fully saturated rings. The van der Waals surface area contributed by atoms with Crippen LogP contribution < -0.4 is 0 Å². The summed E-state index contributed by atoms with van der Waals surface area (Å²) in [5.41, 5.74) is 0. The average Bonchev–Trinajstić information content (AvgIpc) is 2.10. The molecule has 14 heavy (non-hydrogen) atoms. The van der Waals surface area contributed by atoms with E-state index in [-0.39, 0.29) is 6.10 Å². The number of hydrogen-bond acceptors (Lipinski definition) is 5. The number of ether oxygens (including phenoxy) is 2. The molecule has 1 heterocycles. The van der Waals surface area contributed by atoms with Gasteiger partial charge in [0.25, 0.3) is 0 Å². The van der Waals surface area contributed by atoms with Crippen LogP contribution in [0.1, 0.15) is 20.8 Å². The van der Waals surface area contributed by atoms with Crippen LogP contribution in [-0.2, 0) is 9.47 Å². The van der Waals surface area contributed by atoms with Crippen LogP contribution in [0.15, 0.2) is 0 Å². The van der Waals surface area contributed by atoms with E-state index in [0.29, 0.717) is 0 Å². The Kier molecular flexibility index (Phi) is 3.86. The normalized spacial score (nSPS) is 44.4. The Balaban J connectivity index is 2.60. The highest BCUT2D eigenvalue weighted by molar-refractivity contribution is 4.87. The molecule has 0 spiro atoms. The highest BCUT2D eigenvalue weighted by Crippen LogP contribution is 2.22. The number of aliphatic hydroxyl groups excluding tert-OH is 3. The number of aliphatic hydroxyl groups is 3. The Labute approximate surface area is 83.3 Å². The average molecular weight is 206 g/mol. The van der Waals surface area contributed by atoms with E-state index >= 15 is 0 Å². The van der Waals surface area contributed by atoms with Gasteiger partial charge in [0.1, 0.15) is 18.3 Å². The smallest absolute Gasteiger partial charge is 0.186 e. The first-order valence-electron chi connectivity index (χ1n) is 4.78. The maximum absolute atomic E-state index is 9.51. The summed E-state index contributed by atoms with van der Waals surface area (Å²) in [5.74, 6) is 0. The van der Waals surface area contributed by atoms with Crippen molar-refractivity contribution in [3.8, 4) is 0 Å². The van der Waals surface area contributed by atoms with Gasteiger partial charge in [-0.05, 0) is 20.8 Å². The van der Waals surface area contributed by atoms with Crippen molar-refractivity contribution in [2.24, 2.45) is 0 Å². The van der Waals surface area contributed by atoms with Crippen LogP contribution in [0.4, 0.5) is 0 Å². The molecule has 84 valence electrons. The highest BCUT2D eigenvalue weighted by atomic mass is 16.7. The first kappa shape index (κ1) is 11.9. The van der Waals surface area contributed by atoms with E-state index in [0.717, 1.165) is 0 Å². The molecule has 1 aliphatic rings. The van der Waals surface area contributed by atoms with Gasteiger partial charge in [-0.25, -0.2) is 0 Å². The summed E-state index contributed by atoms with van der Waals surface area (Å²) in [7, 11) is 0. The van der Waals surface area contributed by atoms with E-state index in [2.05, 4.69) is 0 Å². The molecule has 0 unspecified atom stereocenters. The van der Waals surface area contributed by atoms with E-state index in [1.807, 2.05) is 0 Å². The molecule has 1 rings (SSSR count). The second kappa shape index (κ2) is 4.55. The van der Waals surface area contributed by atoms with Gasteiger partial charge in [0.05, 0.1) is 12.2 Å². The van der Waals surface area contributed by atoms with Gasteiger partial charge in [-0.1, -0.05) is 0 Å². The van der Waals surface area contributed by atoms with Crippen LogP contribution in [0.5, 0.6) is 0 Å². The zero-order valence-electron chi connectivity index (χ0n) is 8.62. The third-order valence-electron chi connectivity index (χ3n) is 2.21. The van der Waals surface area contributed by atoms with Gasteiger partial charge in [-0.3, -0.25) is 0 Å². The van der Waals surface area contributed by atoms with Gasteiger partial charge in [0.2, 0.25) is 0 Å². The third kappa shape index (κ3) is 2.43. The molecule has 1 aliphatic heterocycles. The zero-order valence-corrected chi connectivity index (χ0v) is 8.62. The standard InChI is InChI=1S/C9H18O5/c1-4(2)13-9-8(12)7(11)6(10)5(3)14-9/h4-12H,1-3H3/t5-,6+,7+,8-,9+/m0/s1. The maximum Gasteiger partial charge on any atom is 0.186 e. The first-order valence-corrected chi connectivity index (χ1v) is 4.78. The van der Waals surface area contributed by atoms with E-state index in [9.17, 15) is 15.3 Å². The maximum atomic E-state index is 9.51. The Hall–Kier alpha value is -0.200. The van der Waals surface area contributed by atoms with Crippen LogP contribution in [0.25, 0.3) is 0 Å². The molecule has 5 heteroatoms. The summed E-state index contributed by atoms with van der Waals surface area (Å²) < 4.78 is 10.5. The molecule has 0 saturated carbocycles. The lowest BCUT2D eigenvalue weighted by atomic mass is 10.00. The molecular formula is C9H18O5. The molecule has 0 aliphatic carbocycles. The lowest BCUT2D eigenvalue weighted by Gasteiger charge is -2.39. The van der Waals surface area contributed by atoms with Crippen molar-refractivity contribution in [3.63, 3.8) is 0 Å². The monoisotopic (exact) mass is 206 g/mol. The predicted molar refractivity (Wildman–Crippen MR) is 48.6 cm³/mol. The minimum Gasteiger partial charge on any atom is -0.388 e. The molecule has 1 saturated heterocycles. The minimum atomic E-state index is -1.22. The lowest BCUT2D eigenvalue weighted by Crippen LogP contribution is -2.57. The van der Waals surface area contributed by atoms with Crippen LogP contribution in [0, 0.1) is 0 Å². The second-order valence-corrected chi connectivity index (χ2v) is 3.87. The topological polar surface area (TPSA) is 79.2 Å².